The molecular formula is C68H40N4O. The number of fused-ring (bicyclic) bond motifs is 15. The molecule has 0 radical (unpaired) electrons. The maximum absolute atomic E-state index is 6.54. The van der Waals surface area contributed by atoms with Gasteiger partial charge in [0.25, 0.3) is 0 Å². The predicted octanol–water partition coefficient (Wildman–Crippen LogP) is 18.1. The summed E-state index contributed by atoms with van der Waals surface area (Å²) in [7, 11) is 0. The van der Waals surface area contributed by atoms with Crippen LogP contribution in [0.25, 0.3) is 154 Å². The Labute approximate surface area is 419 Å². The first-order chi connectivity index (χ1) is 36.2. The van der Waals surface area contributed by atoms with Crippen molar-refractivity contribution in [3.63, 3.8) is 0 Å². The summed E-state index contributed by atoms with van der Waals surface area (Å²) in [5.41, 5.74) is 17.7. The van der Waals surface area contributed by atoms with Gasteiger partial charge in [-0.25, -0.2) is 9.97 Å². The minimum Gasteiger partial charge on any atom is -0.455 e. The quantitative estimate of drug-likeness (QED) is 0.155. The largest absolute Gasteiger partial charge is 0.455 e. The zero-order chi connectivity index (χ0) is 48.0. The minimum absolute atomic E-state index is 0.823. The fourth-order valence-corrected chi connectivity index (χ4v) is 11.2. The van der Waals surface area contributed by atoms with Crippen molar-refractivity contribution in [3.8, 4) is 67.0 Å². The second-order valence-electron chi connectivity index (χ2n) is 18.9. The Morgan fingerprint density at radius 2 is 0.589 bits per heavy atom. The van der Waals surface area contributed by atoms with E-state index >= 15 is 0 Å². The molecule has 5 heteroatoms. The van der Waals surface area contributed by atoms with E-state index in [-0.39, 0.29) is 0 Å². The standard InChI is InChI=1S/C68H40N4O/c1-5-26-56-51(21-1)53-23-3-7-28-58(53)66-64(56)69-39-61(71-66)45-19-12-16-42(34-45)48-36-47(41-15-11-18-44(33-41)50-30-14-31-60-55-25-9-10-32-63(55)73-68(50)60)37-49(38-48)43-17-13-20-46(35-43)62-40-70-65-57-27-6-2-22-52(57)54-24-4-8-29-59(54)67(65)72-62/h1-40H. The van der Waals surface area contributed by atoms with Gasteiger partial charge in [-0.15, -0.1) is 0 Å². The average Bonchev–Trinajstić information content (AvgIpc) is 3.86. The number of hydrogen-bond donors (Lipinski definition) is 0. The Morgan fingerprint density at radius 1 is 0.247 bits per heavy atom. The summed E-state index contributed by atoms with van der Waals surface area (Å²) >= 11 is 0. The summed E-state index contributed by atoms with van der Waals surface area (Å²) in [5.74, 6) is 0. The highest BCUT2D eigenvalue weighted by atomic mass is 16.3. The van der Waals surface area contributed by atoms with Crippen LogP contribution in [0.5, 0.6) is 0 Å². The lowest BCUT2D eigenvalue weighted by Gasteiger charge is -2.14. The smallest absolute Gasteiger partial charge is 0.143 e. The molecule has 5 nitrogen and oxygen atoms in total. The van der Waals surface area contributed by atoms with Gasteiger partial charge in [-0.3, -0.25) is 9.97 Å². The number of para-hydroxylation sites is 2. The van der Waals surface area contributed by atoms with Crippen LogP contribution in [0.4, 0.5) is 0 Å². The van der Waals surface area contributed by atoms with Crippen molar-refractivity contribution in [1.29, 1.82) is 0 Å². The zero-order valence-corrected chi connectivity index (χ0v) is 39.3. The second kappa shape index (κ2) is 16.4. The molecule has 0 atom stereocenters. The molecule has 0 saturated heterocycles. The van der Waals surface area contributed by atoms with E-state index in [1.807, 2.05) is 24.5 Å². The van der Waals surface area contributed by atoms with Crippen molar-refractivity contribution >= 4 is 87.1 Å². The van der Waals surface area contributed by atoms with E-state index in [1.165, 1.54) is 21.5 Å². The Kier molecular flexibility index (Phi) is 9.19. The first kappa shape index (κ1) is 41.0. The van der Waals surface area contributed by atoms with Crippen LogP contribution in [0.15, 0.2) is 247 Å². The maximum Gasteiger partial charge on any atom is 0.143 e. The van der Waals surface area contributed by atoms with Crippen LogP contribution in [-0.2, 0) is 0 Å². The summed E-state index contributed by atoms with van der Waals surface area (Å²) in [5, 5.41) is 11.3. The average molecular weight is 929 g/mol. The first-order valence-corrected chi connectivity index (χ1v) is 24.7. The summed E-state index contributed by atoms with van der Waals surface area (Å²) in [6, 6.07) is 81.8. The number of benzene rings is 12. The lowest BCUT2D eigenvalue weighted by Crippen LogP contribution is -1.93. The van der Waals surface area contributed by atoms with E-state index in [0.29, 0.717) is 0 Å². The van der Waals surface area contributed by atoms with E-state index < -0.39 is 0 Å². The zero-order valence-electron chi connectivity index (χ0n) is 39.3. The van der Waals surface area contributed by atoms with Crippen LogP contribution in [0.3, 0.4) is 0 Å². The number of furan rings is 1. The van der Waals surface area contributed by atoms with Gasteiger partial charge < -0.3 is 4.42 Å². The molecule has 15 rings (SSSR count). The van der Waals surface area contributed by atoms with Crippen molar-refractivity contribution in [1.82, 2.24) is 19.9 Å². The highest BCUT2D eigenvalue weighted by Gasteiger charge is 2.18. The highest BCUT2D eigenvalue weighted by Crippen LogP contribution is 2.41. The van der Waals surface area contributed by atoms with Gasteiger partial charge in [0.1, 0.15) is 11.2 Å². The fraction of sp³-hybridized carbons (Fsp3) is 0. The molecule has 0 amide bonds. The van der Waals surface area contributed by atoms with Crippen molar-refractivity contribution in [3.05, 3.63) is 243 Å². The molecule has 0 unspecified atom stereocenters. The van der Waals surface area contributed by atoms with Crippen LogP contribution in [0.1, 0.15) is 0 Å². The van der Waals surface area contributed by atoms with Gasteiger partial charge in [0.15, 0.2) is 0 Å². The number of hydrogen-bond acceptors (Lipinski definition) is 5. The second-order valence-corrected chi connectivity index (χ2v) is 18.9. The van der Waals surface area contributed by atoms with Crippen molar-refractivity contribution < 1.29 is 4.42 Å². The van der Waals surface area contributed by atoms with Crippen molar-refractivity contribution in [2.24, 2.45) is 0 Å². The molecular weight excluding hydrogens is 889 g/mol. The molecule has 0 spiro atoms. The van der Waals surface area contributed by atoms with Gasteiger partial charge in [-0.1, -0.05) is 188 Å². The molecule has 338 valence electrons. The third-order valence-corrected chi connectivity index (χ3v) is 14.7. The lowest BCUT2D eigenvalue weighted by molar-refractivity contribution is 0.670. The van der Waals surface area contributed by atoms with Crippen molar-refractivity contribution in [2.75, 3.05) is 0 Å². The van der Waals surface area contributed by atoms with Crippen LogP contribution in [0, 0.1) is 0 Å². The topological polar surface area (TPSA) is 64.7 Å². The van der Waals surface area contributed by atoms with Gasteiger partial charge in [-0.2, -0.15) is 0 Å². The highest BCUT2D eigenvalue weighted by molar-refractivity contribution is 6.24. The molecule has 15 aromatic rings. The summed E-state index contributed by atoms with van der Waals surface area (Å²) < 4.78 is 6.54. The van der Waals surface area contributed by atoms with Gasteiger partial charge in [-0.05, 0) is 103 Å². The normalized spacial score (nSPS) is 11.8. The van der Waals surface area contributed by atoms with Crippen LogP contribution >= 0.6 is 0 Å². The van der Waals surface area contributed by atoms with Gasteiger partial charge in [0, 0.05) is 49.0 Å². The molecule has 73 heavy (non-hydrogen) atoms. The Morgan fingerprint density at radius 3 is 1.07 bits per heavy atom. The lowest BCUT2D eigenvalue weighted by atomic mass is 9.91. The molecule has 0 N–H and O–H groups in total. The number of aromatic nitrogens is 4. The molecule has 0 aliphatic carbocycles. The van der Waals surface area contributed by atoms with Crippen molar-refractivity contribution in [2.45, 2.75) is 0 Å². The van der Waals surface area contributed by atoms with E-state index in [0.717, 1.165) is 133 Å². The van der Waals surface area contributed by atoms with Gasteiger partial charge >= 0.3 is 0 Å². The molecule has 0 bridgehead atoms. The first-order valence-electron chi connectivity index (χ1n) is 24.7. The SMILES string of the molecule is c1cc(-c2cc(-c3cccc(-c4cnc5c6ccccc6c6ccccc6c5n4)c3)cc(-c3cccc(-c4cccc5c4oc4ccccc45)c3)c2)cc(-c2cnc3c4ccccc4c4ccccc4c3n2)c1. The number of nitrogens with zero attached hydrogens (tertiary/aromatic N) is 4. The molecule has 0 aliphatic rings. The molecule has 3 aromatic heterocycles. The maximum atomic E-state index is 6.54. The Bertz CT molecular complexity index is 4470. The van der Waals surface area contributed by atoms with E-state index in [4.69, 9.17) is 24.4 Å². The Balaban J connectivity index is 0.887. The third-order valence-electron chi connectivity index (χ3n) is 14.7. The summed E-state index contributed by atoms with van der Waals surface area (Å²) in [6.07, 6.45) is 3.84. The third kappa shape index (κ3) is 6.71. The molecule has 12 aromatic carbocycles. The fourth-order valence-electron chi connectivity index (χ4n) is 11.2. The van der Waals surface area contributed by atoms with Crippen LogP contribution in [0.2, 0.25) is 0 Å². The number of rotatable bonds is 6. The molecule has 0 aliphatic heterocycles. The van der Waals surface area contributed by atoms with E-state index in [1.54, 1.807) is 0 Å². The van der Waals surface area contributed by atoms with E-state index in [2.05, 4.69) is 218 Å². The molecule has 3 heterocycles. The minimum atomic E-state index is 0.823. The molecule has 0 fully saturated rings. The monoisotopic (exact) mass is 928 g/mol. The van der Waals surface area contributed by atoms with Gasteiger partial charge in [0.2, 0.25) is 0 Å². The van der Waals surface area contributed by atoms with Crippen LogP contribution in [-0.4, -0.2) is 19.9 Å². The van der Waals surface area contributed by atoms with Gasteiger partial charge in [0.05, 0.1) is 45.8 Å². The molecule has 0 saturated carbocycles. The Hall–Kier alpha value is -9.84. The summed E-state index contributed by atoms with van der Waals surface area (Å²) in [6.45, 7) is 0. The van der Waals surface area contributed by atoms with Crippen LogP contribution < -0.4 is 0 Å². The van der Waals surface area contributed by atoms with E-state index in [9.17, 15) is 0 Å². The predicted molar refractivity (Wildman–Crippen MR) is 303 cm³/mol. The summed E-state index contributed by atoms with van der Waals surface area (Å²) in [4.78, 5) is 21.0.